The van der Waals surface area contributed by atoms with E-state index in [-0.39, 0.29) is 5.91 Å². The molecule has 1 aromatic rings. The van der Waals surface area contributed by atoms with Crippen molar-refractivity contribution < 1.29 is 9.53 Å². The Morgan fingerprint density at radius 1 is 1.33 bits per heavy atom. The van der Waals surface area contributed by atoms with Crippen LogP contribution in [-0.2, 0) is 16.0 Å². The van der Waals surface area contributed by atoms with E-state index in [0.29, 0.717) is 18.9 Å². The van der Waals surface area contributed by atoms with Crippen LogP contribution in [0.1, 0.15) is 34.6 Å². The van der Waals surface area contributed by atoms with Crippen molar-refractivity contribution in [3.63, 3.8) is 0 Å². The molecule has 5 nitrogen and oxygen atoms in total. The number of nitrogens with zero attached hydrogens (tertiary/aromatic N) is 3. The van der Waals surface area contributed by atoms with Crippen molar-refractivity contribution in [3.8, 4) is 0 Å². The van der Waals surface area contributed by atoms with Crippen LogP contribution in [0, 0.1) is 12.8 Å². The number of hydrogen-bond acceptors (Lipinski definition) is 5. The van der Waals surface area contributed by atoms with E-state index in [9.17, 15) is 4.79 Å². The van der Waals surface area contributed by atoms with Crippen molar-refractivity contribution in [2.45, 2.75) is 32.6 Å². The van der Waals surface area contributed by atoms with Gasteiger partial charge in [0.1, 0.15) is 0 Å². The van der Waals surface area contributed by atoms with Gasteiger partial charge in [0.05, 0.1) is 25.5 Å². The first kappa shape index (κ1) is 16.2. The van der Waals surface area contributed by atoms with Gasteiger partial charge in [0.15, 0.2) is 0 Å². The number of hydrogen-bond donors (Lipinski definition) is 0. The third kappa shape index (κ3) is 3.27. The first-order valence-electron chi connectivity index (χ1n) is 8.99. The van der Waals surface area contributed by atoms with E-state index < -0.39 is 0 Å². The number of morpholine rings is 1. The van der Waals surface area contributed by atoms with Crippen molar-refractivity contribution in [2.24, 2.45) is 11.0 Å². The molecule has 1 fully saturated rings. The summed E-state index contributed by atoms with van der Waals surface area (Å²) in [4.78, 5) is 17.7. The van der Waals surface area contributed by atoms with Gasteiger partial charge in [0, 0.05) is 47.3 Å². The zero-order chi connectivity index (χ0) is 16.5. The molecule has 1 atom stereocenters. The van der Waals surface area contributed by atoms with E-state index in [1.165, 1.54) is 15.3 Å². The van der Waals surface area contributed by atoms with Crippen molar-refractivity contribution >= 4 is 23.0 Å². The summed E-state index contributed by atoms with van der Waals surface area (Å²) in [5, 5.41) is 6.56. The Morgan fingerprint density at radius 2 is 2.17 bits per heavy atom. The summed E-state index contributed by atoms with van der Waals surface area (Å²) in [7, 11) is 0. The molecule has 2 aliphatic heterocycles. The van der Waals surface area contributed by atoms with Crippen LogP contribution in [-0.4, -0.2) is 60.9 Å². The van der Waals surface area contributed by atoms with Crippen molar-refractivity contribution in [1.82, 2.24) is 9.91 Å². The van der Waals surface area contributed by atoms with Crippen LogP contribution in [0.25, 0.3) is 0 Å². The zero-order valence-electron chi connectivity index (χ0n) is 14.3. The van der Waals surface area contributed by atoms with E-state index in [0.717, 1.165) is 57.8 Å². The molecular weight excluding hydrogens is 322 g/mol. The van der Waals surface area contributed by atoms with Gasteiger partial charge in [-0.05, 0) is 32.3 Å². The highest BCUT2D eigenvalue weighted by Crippen LogP contribution is 2.35. The van der Waals surface area contributed by atoms with Gasteiger partial charge in [-0.3, -0.25) is 9.69 Å². The lowest BCUT2D eigenvalue weighted by atomic mass is 9.91. The number of carbonyl (C=O) groups excluding carboxylic acids is 1. The molecule has 3 heterocycles. The third-order valence-corrected chi connectivity index (χ3v) is 6.33. The standard InChI is InChI=1S/C18H25N3O2S/c1-13-11-15-16(24-13)4-2-3-14-12-17(22)21(19-18(14)15)6-5-20-7-9-23-10-8-20/h11,14H,2-10,12H2,1H3. The van der Waals surface area contributed by atoms with Crippen LogP contribution < -0.4 is 0 Å². The molecule has 1 aromatic heterocycles. The van der Waals surface area contributed by atoms with Gasteiger partial charge in [-0.1, -0.05) is 0 Å². The highest BCUT2D eigenvalue weighted by molar-refractivity contribution is 7.12. The van der Waals surface area contributed by atoms with Crippen molar-refractivity contribution in [1.29, 1.82) is 0 Å². The molecular formula is C18H25N3O2S. The summed E-state index contributed by atoms with van der Waals surface area (Å²) in [5.41, 5.74) is 2.47. The van der Waals surface area contributed by atoms with Gasteiger partial charge < -0.3 is 4.74 Å². The van der Waals surface area contributed by atoms with Crippen LogP contribution in [0.4, 0.5) is 0 Å². The predicted octanol–water partition coefficient (Wildman–Crippen LogP) is 2.28. The molecule has 3 aliphatic rings. The van der Waals surface area contributed by atoms with Crippen LogP contribution in [0.5, 0.6) is 0 Å². The van der Waals surface area contributed by atoms with E-state index in [2.05, 4.69) is 17.9 Å². The molecule has 0 aromatic carbocycles. The Kier molecular flexibility index (Phi) is 4.70. The fraction of sp³-hybridized carbons (Fsp3) is 0.667. The summed E-state index contributed by atoms with van der Waals surface area (Å²) < 4.78 is 5.39. The zero-order valence-corrected chi connectivity index (χ0v) is 15.1. The number of carbonyl (C=O) groups is 1. The van der Waals surface area contributed by atoms with Gasteiger partial charge in [-0.15, -0.1) is 11.3 Å². The maximum Gasteiger partial charge on any atom is 0.243 e. The van der Waals surface area contributed by atoms with Crippen molar-refractivity contribution in [3.05, 3.63) is 21.4 Å². The Hall–Kier alpha value is -1.24. The fourth-order valence-corrected chi connectivity index (χ4v) is 4.99. The molecule has 0 N–H and O–H groups in total. The number of fused-ring (bicyclic) bond motifs is 3. The number of aryl methyl sites for hydroxylation is 2. The second-order valence-electron chi connectivity index (χ2n) is 6.94. The number of thiophene rings is 1. The number of amides is 1. The lowest BCUT2D eigenvalue weighted by Gasteiger charge is -2.32. The van der Waals surface area contributed by atoms with E-state index in [1.807, 2.05) is 11.3 Å². The Bertz CT molecular complexity index is 649. The lowest BCUT2D eigenvalue weighted by molar-refractivity contribution is -0.133. The van der Waals surface area contributed by atoms with Gasteiger partial charge in [-0.2, -0.15) is 5.10 Å². The molecule has 0 spiro atoms. The highest BCUT2D eigenvalue weighted by atomic mass is 32.1. The van der Waals surface area contributed by atoms with Crippen LogP contribution in [0.3, 0.4) is 0 Å². The second kappa shape index (κ2) is 6.94. The van der Waals surface area contributed by atoms with Crippen molar-refractivity contribution in [2.75, 3.05) is 39.4 Å². The Labute approximate surface area is 147 Å². The van der Waals surface area contributed by atoms with Gasteiger partial charge in [-0.25, -0.2) is 5.01 Å². The molecule has 24 heavy (non-hydrogen) atoms. The van der Waals surface area contributed by atoms with E-state index in [1.54, 1.807) is 5.01 Å². The smallest absolute Gasteiger partial charge is 0.243 e. The molecule has 1 aliphatic carbocycles. The minimum atomic E-state index is 0.187. The molecule has 130 valence electrons. The van der Waals surface area contributed by atoms with Crippen LogP contribution in [0.15, 0.2) is 11.2 Å². The Morgan fingerprint density at radius 3 is 3.00 bits per heavy atom. The molecule has 4 rings (SSSR count). The van der Waals surface area contributed by atoms with Gasteiger partial charge >= 0.3 is 0 Å². The van der Waals surface area contributed by atoms with Gasteiger partial charge in [0.2, 0.25) is 5.91 Å². The van der Waals surface area contributed by atoms with Crippen LogP contribution >= 0.6 is 11.3 Å². The molecule has 1 saturated heterocycles. The minimum absolute atomic E-state index is 0.187. The summed E-state index contributed by atoms with van der Waals surface area (Å²) >= 11 is 1.89. The maximum atomic E-state index is 12.5. The molecule has 6 heteroatoms. The average molecular weight is 347 g/mol. The maximum absolute atomic E-state index is 12.5. The van der Waals surface area contributed by atoms with Gasteiger partial charge in [0.25, 0.3) is 0 Å². The highest BCUT2D eigenvalue weighted by Gasteiger charge is 2.33. The topological polar surface area (TPSA) is 45.1 Å². The summed E-state index contributed by atoms with van der Waals surface area (Å²) in [6.45, 7) is 7.23. The normalized spacial score (nSPS) is 25.0. The number of ether oxygens (including phenoxy) is 1. The molecule has 1 amide bonds. The SMILES string of the molecule is Cc1cc2c(s1)CCCC1CC(=O)N(CCN3CCOCC3)N=C21. The largest absolute Gasteiger partial charge is 0.379 e. The first-order chi connectivity index (χ1) is 11.7. The summed E-state index contributed by atoms with van der Waals surface area (Å²) in [6, 6.07) is 2.27. The average Bonchev–Trinajstić information content (AvgIpc) is 2.88. The molecule has 0 saturated carbocycles. The predicted molar refractivity (Wildman–Crippen MR) is 95.6 cm³/mol. The number of hydrazone groups is 1. The summed E-state index contributed by atoms with van der Waals surface area (Å²) in [6.07, 6.45) is 4.00. The van der Waals surface area contributed by atoms with E-state index >= 15 is 0 Å². The lowest BCUT2D eigenvalue weighted by Crippen LogP contribution is -2.44. The Balaban J connectivity index is 1.53. The number of rotatable bonds is 3. The molecule has 1 unspecified atom stereocenters. The first-order valence-corrected chi connectivity index (χ1v) is 9.81. The minimum Gasteiger partial charge on any atom is -0.379 e. The fourth-order valence-electron chi connectivity index (χ4n) is 3.90. The summed E-state index contributed by atoms with van der Waals surface area (Å²) in [5.74, 6) is 0.500. The second-order valence-corrected chi connectivity index (χ2v) is 8.28. The van der Waals surface area contributed by atoms with E-state index in [4.69, 9.17) is 9.84 Å². The third-order valence-electron chi connectivity index (χ3n) is 5.22. The quantitative estimate of drug-likeness (QED) is 0.843. The molecule has 0 radical (unpaired) electrons. The monoisotopic (exact) mass is 347 g/mol. The molecule has 0 bridgehead atoms. The van der Waals surface area contributed by atoms with Crippen LogP contribution in [0.2, 0.25) is 0 Å².